The Labute approximate surface area is 161 Å². The number of amides is 1. The maximum Gasteiger partial charge on any atom is 0.245 e. The quantitative estimate of drug-likeness (QED) is 0.838. The van der Waals surface area contributed by atoms with E-state index in [1.165, 1.54) is 12.8 Å². The van der Waals surface area contributed by atoms with Crippen molar-refractivity contribution in [3.05, 3.63) is 30.3 Å². The molecule has 2 heterocycles. The van der Waals surface area contributed by atoms with E-state index < -0.39 is 5.54 Å². The third-order valence-corrected chi connectivity index (χ3v) is 6.98. The van der Waals surface area contributed by atoms with Crippen molar-refractivity contribution in [1.29, 1.82) is 0 Å². The number of nitrogens with one attached hydrogen (secondary N) is 2. The molecule has 1 amide bonds. The molecule has 2 aliphatic carbocycles. The van der Waals surface area contributed by atoms with Crippen molar-refractivity contribution in [3.63, 3.8) is 0 Å². The lowest BCUT2D eigenvalue weighted by Gasteiger charge is -2.35. The Hall–Kier alpha value is -1.59. The number of rotatable bonds is 5. The first-order valence-electron chi connectivity index (χ1n) is 10.7. The molecular formula is C22H31N3O2. The van der Waals surface area contributed by atoms with Crippen molar-refractivity contribution in [2.45, 2.75) is 68.7 Å². The maximum absolute atomic E-state index is 13.3. The molecule has 2 N–H and O–H groups in total. The molecular weight excluding hydrogens is 338 g/mol. The topological polar surface area (TPSA) is 53.6 Å². The minimum Gasteiger partial charge on any atom is -0.375 e. The van der Waals surface area contributed by atoms with E-state index in [4.69, 9.17) is 4.74 Å². The highest BCUT2D eigenvalue weighted by atomic mass is 16.5. The maximum atomic E-state index is 13.3. The fourth-order valence-electron chi connectivity index (χ4n) is 5.27. The molecule has 3 atom stereocenters. The van der Waals surface area contributed by atoms with Gasteiger partial charge in [0.1, 0.15) is 5.54 Å². The van der Waals surface area contributed by atoms with Crippen LogP contribution in [0.1, 0.15) is 44.9 Å². The fourth-order valence-corrected chi connectivity index (χ4v) is 5.27. The average Bonchev–Trinajstić information content (AvgIpc) is 3.29. The van der Waals surface area contributed by atoms with Crippen molar-refractivity contribution >= 4 is 11.6 Å². The molecule has 1 aromatic carbocycles. The summed E-state index contributed by atoms with van der Waals surface area (Å²) < 4.78 is 6.10. The zero-order valence-electron chi connectivity index (χ0n) is 16.0. The number of benzene rings is 1. The van der Waals surface area contributed by atoms with Crippen LogP contribution in [0.4, 0.5) is 5.69 Å². The number of carbonyl (C=O) groups excluding carboxylic acids is 1. The fraction of sp³-hybridized carbons (Fsp3) is 0.682. The minimum absolute atomic E-state index is 0.188. The first-order valence-corrected chi connectivity index (χ1v) is 10.7. The zero-order valence-corrected chi connectivity index (χ0v) is 16.0. The van der Waals surface area contributed by atoms with Gasteiger partial charge in [-0.15, -0.1) is 0 Å². The molecule has 2 saturated carbocycles. The molecule has 27 heavy (non-hydrogen) atoms. The van der Waals surface area contributed by atoms with E-state index in [2.05, 4.69) is 27.7 Å². The van der Waals surface area contributed by atoms with Crippen LogP contribution in [0.3, 0.4) is 0 Å². The van der Waals surface area contributed by atoms with Gasteiger partial charge in [0.05, 0.1) is 12.7 Å². The lowest BCUT2D eigenvalue weighted by atomic mass is 9.95. The Kier molecular flexibility index (Phi) is 4.60. The van der Waals surface area contributed by atoms with Crippen LogP contribution in [0.5, 0.6) is 0 Å². The van der Waals surface area contributed by atoms with Gasteiger partial charge in [-0.1, -0.05) is 31.0 Å². The number of fused-ring (bicyclic) bond motifs is 1. The third kappa shape index (κ3) is 3.59. The van der Waals surface area contributed by atoms with Gasteiger partial charge >= 0.3 is 0 Å². The van der Waals surface area contributed by atoms with Crippen molar-refractivity contribution in [3.8, 4) is 0 Å². The molecule has 4 fully saturated rings. The Morgan fingerprint density at radius 3 is 2.63 bits per heavy atom. The number of hydrogen-bond acceptors (Lipinski definition) is 4. The van der Waals surface area contributed by atoms with E-state index in [9.17, 15) is 4.79 Å². The van der Waals surface area contributed by atoms with Crippen LogP contribution >= 0.6 is 0 Å². The van der Waals surface area contributed by atoms with E-state index in [0.29, 0.717) is 12.1 Å². The number of hydrogen-bond donors (Lipinski definition) is 2. The van der Waals surface area contributed by atoms with Gasteiger partial charge in [0.15, 0.2) is 0 Å². The van der Waals surface area contributed by atoms with Crippen LogP contribution in [-0.2, 0) is 9.53 Å². The first-order chi connectivity index (χ1) is 13.2. The monoisotopic (exact) mass is 369 g/mol. The minimum atomic E-state index is -0.447. The Bertz CT molecular complexity index is 669. The second-order valence-corrected chi connectivity index (χ2v) is 9.00. The molecule has 0 spiro atoms. The Morgan fingerprint density at radius 1 is 1.11 bits per heavy atom. The highest BCUT2D eigenvalue weighted by Gasteiger charge is 2.45. The summed E-state index contributed by atoms with van der Waals surface area (Å²) >= 11 is 0. The molecule has 5 nitrogen and oxygen atoms in total. The van der Waals surface area contributed by atoms with Gasteiger partial charge in [-0.25, -0.2) is 0 Å². The number of morpholine rings is 1. The molecule has 5 rings (SSSR count). The van der Waals surface area contributed by atoms with Crippen LogP contribution in [-0.4, -0.2) is 54.2 Å². The molecule has 146 valence electrons. The number of anilines is 1. The largest absolute Gasteiger partial charge is 0.375 e. The SMILES string of the molecule is O=C(N[C@H]1C[C@H]2CO[C@H](C3CC3)CN2C1)C1(Nc2ccccc2)CCCC1. The molecule has 2 aliphatic heterocycles. The molecule has 5 heteroatoms. The standard InChI is InChI=1S/C22H31N3O2/c26-21(22(10-4-5-11-22)24-17-6-2-1-3-7-17)23-18-12-19-15-27-20(16-8-9-16)14-25(19)13-18/h1-3,6-7,16,18-20,24H,4-5,8-15H2,(H,23,26)/t18-,19-,20-/m0/s1. The van der Waals surface area contributed by atoms with E-state index in [1.54, 1.807) is 0 Å². The molecule has 0 aromatic heterocycles. The van der Waals surface area contributed by atoms with Gasteiger partial charge in [-0.05, 0) is 50.2 Å². The summed E-state index contributed by atoms with van der Waals surface area (Å²) in [7, 11) is 0. The molecule has 0 bridgehead atoms. The van der Waals surface area contributed by atoms with Crippen LogP contribution < -0.4 is 10.6 Å². The van der Waals surface area contributed by atoms with Crippen molar-refractivity contribution < 1.29 is 9.53 Å². The molecule has 0 radical (unpaired) electrons. The number of nitrogens with zero attached hydrogens (tertiary/aromatic N) is 1. The van der Waals surface area contributed by atoms with Crippen molar-refractivity contribution in [1.82, 2.24) is 10.2 Å². The summed E-state index contributed by atoms with van der Waals surface area (Å²) in [6, 6.07) is 10.9. The Balaban J connectivity index is 1.22. The second kappa shape index (κ2) is 7.10. The van der Waals surface area contributed by atoms with E-state index in [0.717, 1.165) is 63.4 Å². The second-order valence-electron chi connectivity index (χ2n) is 9.00. The van der Waals surface area contributed by atoms with Crippen LogP contribution in [0, 0.1) is 5.92 Å². The third-order valence-electron chi connectivity index (χ3n) is 6.98. The number of carbonyl (C=O) groups is 1. The molecule has 1 aromatic rings. The van der Waals surface area contributed by atoms with Gasteiger partial charge in [0, 0.05) is 30.9 Å². The summed E-state index contributed by atoms with van der Waals surface area (Å²) in [4.78, 5) is 15.9. The summed E-state index contributed by atoms with van der Waals surface area (Å²) in [5, 5.41) is 6.97. The van der Waals surface area contributed by atoms with Gasteiger partial charge in [0.25, 0.3) is 0 Å². The predicted molar refractivity (Wildman–Crippen MR) is 106 cm³/mol. The summed E-state index contributed by atoms with van der Waals surface area (Å²) in [6.07, 6.45) is 8.17. The molecule has 4 aliphatic rings. The van der Waals surface area contributed by atoms with E-state index in [1.807, 2.05) is 18.2 Å². The molecule has 0 unspecified atom stereocenters. The molecule has 2 saturated heterocycles. The highest BCUT2D eigenvalue weighted by molar-refractivity contribution is 5.90. The normalized spacial score (nSPS) is 32.8. The lowest BCUT2D eigenvalue weighted by molar-refractivity contribution is -0.126. The summed E-state index contributed by atoms with van der Waals surface area (Å²) in [5.41, 5.74) is 0.594. The smallest absolute Gasteiger partial charge is 0.245 e. The van der Waals surface area contributed by atoms with Crippen LogP contribution in [0.25, 0.3) is 0 Å². The van der Waals surface area contributed by atoms with Crippen molar-refractivity contribution in [2.24, 2.45) is 5.92 Å². The van der Waals surface area contributed by atoms with Gasteiger partial charge in [-0.2, -0.15) is 0 Å². The van der Waals surface area contributed by atoms with E-state index in [-0.39, 0.29) is 11.9 Å². The van der Waals surface area contributed by atoms with Crippen LogP contribution in [0.15, 0.2) is 30.3 Å². The summed E-state index contributed by atoms with van der Waals surface area (Å²) in [6.45, 7) is 2.86. The van der Waals surface area contributed by atoms with Crippen molar-refractivity contribution in [2.75, 3.05) is 25.0 Å². The zero-order chi connectivity index (χ0) is 18.3. The predicted octanol–water partition coefficient (Wildman–Crippen LogP) is 2.78. The number of para-hydroxylation sites is 1. The lowest BCUT2D eigenvalue weighted by Crippen LogP contribution is -2.54. The summed E-state index contributed by atoms with van der Waals surface area (Å²) in [5.74, 6) is 0.977. The van der Waals surface area contributed by atoms with Gasteiger partial charge < -0.3 is 15.4 Å². The average molecular weight is 370 g/mol. The van der Waals surface area contributed by atoms with Gasteiger partial charge in [0.2, 0.25) is 5.91 Å². The first kappa shape index (κ1) is 17.5. The Morgan fingerprint density at radius 2 is 1.89 bits per heavy atom. The van der Waals surface area contributed by atoms with E-state index >= 15 is 0 Å². The number of ether oxygens (including phenoxy) is 1. The highest BCUT2D eigenvalue weighted by Crippen LogP contribution is 2.38. The van der Waals surface area contributed by atoms with Crippen LogP contribution in [0.2, 0.25) is 0 Å². The van der Waals surface area contributed by atoms with Gasteiger partial charge in [-0.3, -0.25) is 9.69 Å².